The van der Waals surface area contributed by atoms with Gasteiger partial charge in [0.05, 0.1) is 22.0 Å². The molecule has 1 heterocycles. The average Bonchev–Trinajstić information content (AvgIpc) is 2.32. The van der Waals surface area contributed by atoms with Gasteiger partial charge in [0.1, 0.15) is 0 Å². The van der Waals surface area contributed by atoms with Crippen LogP contribution in [0.1, 0.15) is 11.4 Å². The Balaban J connectivity index is 2.87. The first-order chi connectivity index (χ1) is 6.06. The molecule has 0 radical (unpaired) electrons. The van der Waals surface area contributed by atoms with E-state index in [2.05, 4.69) is 21.0 Å². The summed E-state index contributed by atoms with van der Waals surface area (Å²) in [6.07, 6.45) is 0.0418. The molecule has 0 aliphatic carbocycles. The molecule has 3 N–H and O–H groups in total. The van der Waals surface area contributed by atoms with Gasteiger partial charge in [-0.15, -0.1) is 0 Å². The van der Waals surface area contributed by atoms with Crippen molar-refractivity contribution in [3.63, 3.8) is 0 Å². The third-order valence-electron chi connectivity index (χ3n) is 1.96. The van der Waals surface area contributed by atoms with Crippen molar-refractivity contribution in [2.45, 2.75) is 19.4 Å². The topological polar surface area (TPSA) is 64.1 Å². The second kappa shape index (κ2) is 4.21. The molecule has 5 heteroatoms. The molecule has 1 unspecified atom stereocenters. The van der Waals surface area contributed by atoms with Gasteiger partial charge < -0.3 is 10.8 Å². The van der Waals surface area contributed by atoms with E-state index in [-0.39, 0.29) is 6.54 Å². The van der Waals surface area contributed by atoms with Crippen LogP contribution < -0.4 is 5.73 Å². The van der Waals surface area contributed by atoms with E-state index in [0.717, 1.165) is 15.9 Å². The number of hydrogen-bond acceptors (Lipinski definition) is 3. The minimum absolute atomic E-state index is 0.274. The fraction of sp³-hybridized carbons (Fsp3) is 0.625. The van der Waals surface area contributed by atoms with E-state index in [9.17, 15) is 5.11 Å². The maximum absolute atomic E-state index is 9.38. The molecule has 0 fully saturated rings. The Morgan fingerprint density at radius 1 is 1.69 bits per heavy atom. The SMILES string of the molecule is Cc1nn(C)c(CC(O)CN)c1Br. The van der Waals surface area contributed by atoms with E-state index in [0.29, 0.717) is 6.42 Å². The van der Waals surface area contributed by atoms with E-state index >= 15 is 0 Å². The van der Waals surface area contributed by atoms with Crippen LogP contribution in [0.5, 0.6) is 0 Å². The van der Waals surface area contributed by atoms with Gasteiger partial charge in [0.2, 0.25) is 0 Å². The zero-order valence-electron chi connectivity index (χ0n) is 7.79. The van der Waals surface area contributed by atoms with Gasteiger partial charge in [-0.3, -0.25) is 4.68 Å². The van der Waals surface area contributed by atoms with Gasteiger partial charge in [-0.05, 0) is 22.9 Å². The van der Waals surface area contributed by atoms with Crippen molar-refractivity contribution in [3.8, 4) is 0 Å². The third-order valence-corrected chi connectivity index (χ3v) is 2.99. The first kappa shape index (κ1) is 10.7. The summed E-state index contributed by atoms with van der Waals surface area (Å²) < 4.78 is 2.72. The Kier molecular flexibility index (Phi) is 3.47. The second-order valence-corrected chi connectivity index (χ2v) is 3.86. The number of hydrogen-bond donors (Lipinski definition) is 2. The van der Waals surface area contributed by atoms with E-state index in [1.54, 1.807) is 4.68 Å². The largest absolute Gasteiger partial charge is 0.391 e. The third kappa shape index (κ3) is 2.30. The van der Waals surface area contributed by atoms with Crippen LogP contribution >= 0.6 is 15.9 Å². The Bertz CT molecular complexity index is 298. The van der Waals surface area contributed by atoms with E-state index in [1.807, 2.05) is 14.0 Å². The molecule has 1 atom stereocenters. The lowest BCUT2D eigenvalue weighted by Gasteiger charge is -2.07. The fourth-order valence-electron chi connectivity index (χ4n) is 1.21. The number of aliphatic hydroxyl groups is 1. The molecule has 1 rings (SSSR count). The first-order valence-corrected chi connectivity index (χ1v) is 4.91. The first-order valence-electron chi connectivity index (χ1n) is 4.12. The summed E-state index contributed by atoms with van der Waals surface area (Å²) in [5, 5.41) is 13.6. The summed E-state index contributed by atoms with van der Waals surface area (Å²) in [5.74, 6) is 0. The smallest absolute Gasteiger partial charge is 0.0738 e. The molecular weight excluding hydrogens is 234 g/mol. The predicted molar refractivity (Wildman–Crippen MR) is 54.4 cm³/mol. The Hall–Kier alpha value is -0.390. The van der Waals surface area contributed by atoms with Crippen molar-refractivity contribution >= 4 is 15.9 Å². The van der Waals surface area contributed by atoms with Gasteiger partial charge in [0.15, 0.2) is 0 Å². The average molecular weight is 248 g/mol. The van der Waals surface area contributed by atoms with Crippen molar-refractivity contribution in [2.24, 2.45) is 12.8 Å². The molecule has 0 aliphatic heterocycles. The minimum Gasteiger partial charge on any atom is -0.391 e. The van der Waals surface area contributed by atoms with Gasteiger partial charge in [-0.1, -0.05) is 0 Å². The van der Waals surface area contributed by atoms with Crippen molar-refractivity contribution < 1.29 is 5.11 Å². The summed E-state index contributed by atoms with van der Waals surface area (Å²) in [6.45, 7) is 2.19. The summed E-state index contributed by atoms with van der Waals surface area (Å²) in [6, 6.07) is 0. The summed E-state index contributed by atoms with van der Waals surface area (Å²) >= 11 is 3.42. The molecular formula is C8H14BrN3O. The molecule has 0 saturated heterocycles. The zero-order valence-corrected chi connectivity index (χ0v) is 9.37. The molecule has 13 heavy (non-hydrogen) atoms. The molecule has 0 spiro atoms. The molecule has 0 aromatic carbocycles. The minimum atomic E-state index is -0.494. The van der Waals surface area contributed by atoms with E-state index in [4.69, 9.17) is 5.73 Å². The Morgan fingerprint density at radius 2 is 2.31 bits per heavy atom. The van der Waals surface area contributed by atoms with Gasteiger partial charge in [0, 0.05) is 20.0 Å². The monoisotopic (exact) mass is 247 g/mol. The molecule has 1 aromatic rings. The zero-order chi connectivity index (χ0) is 10.0. The Morgan fingerprint density at radius 3 is 2.69 bits per heavy atom. The van der Waals surface area contributed by atoms with Crippen LogP contribution in [-0.4, -0.2) is 27.5 Å². The van der Waals surface area contributed by atoms with Crippen LogP contribution in [0.25, 0.3) is 0 Å². The van der Waals surface area contributed by atoms with Crippen LogP contribution in [0.15, 0.2) is 4.47 Å². The lowest BCUT2D eigenvalue weighted by atomic mass is 10.2. The molecule has 0 bridgehead atoms. The van der Waals surface area contributed by atoms with E-state index < -0.39 is 6.10 Å². The molecule has 0 aliphatic rings. The standard InChI is InChI=1S/C8H14BrN3O/c1-5-8(9)7(12(2)11-5)3-6(13)4-10/h6,13H,3-4,10H2,1-2H3. The number of aryl methyl sites for hydroxylation is 2. The van der Waals surface area contributed by atoms with E-state index in [1.165, 1.54) is 0 Å². The number of nitrogens with zero attached hydrogens (tertiary/aromatic N) is 2. The van der Waals surface area contributed by atoms with Gasteiger partial charge in [0.25, 0.3) is 0 Å². The lowest BCUT2D eigenvalue weighted by Crippen LogP contribution is -2.23. The summed E-state index contributed by atoms with van der Waals surface area (Å²) in [5.41, 5.74) is 7.25. The highest BCUT2D eigenvalue weighted by Crippen LogP contribution is 2.21. The predicted octanol–water partition coefficient (Wildman–Crippen LogP) is 0.353. The lowest BCUT2D eigenvalue weighted by molar-refractivity contribution is 0.180. The normalized spacial score (nSPS) is 13.3. The van der Waals surface area contributed by atoms with Crippen molar-refractivity contribution in [3.05, 3.63) is 15.9 Å². The van der Waals surface area contributed by atoms with Gasteiger partial charge in [-0.25, -0.2) is 0 Å². The maximum Gasteiger partial charge on any atom is 0.0738 e. The maximum atomic E-state index is 9.38. The van der Waals surface area contributed by atoms with Crippen LogP contribution in [0.4, 0.5) is 0 Å². The highest BCUT2D eigenvalue weighted by molar-refractivity contribution is 9.10. The van der Waals surface area contributed by atoms with Crippen LogP contribution in [-0.2, 0) is 13.5 Å². The number of halogens is 1. The molecule has 4 nitrogen and oxygen atoms in total. The quantitative estimate of drug-likeness (QED) is 0.811. The second-order valence-electron chi connectivity index (χ2n) is 3.06. The van der Waals surface area contributed by atoms with Gasteiger partial charge >= 0.3 is 0 Å². The van der Waals surface area contributed by atoms with Crippen LogP contribution in [0.3, 0.4) is 0 Å². The Labute approximate surface area is 85.9 Å². The molecule has 74 valence electrons. The highest BCUT2D eigenvalue weighted by atomic mass is 79.9. The number of nitrogens with two attached hydrogens (primary N) is 1. The summed E-state index contributed by atoms with van der Waals surface area (Å²) in [7, 11) is 1.86. The highest BCUT2D eigenvalue weighted by Gasteiger charge is 2.13. The van der Waals surface area contributed by atoms with Crippen LogP contribution in [0, 0.1) is 6.92 Å². The van der Waals surface area contributed by atoms with Crippen molar-refractivity contribution in [1.29, 1.82) is 0 Å². The fourth-order valence-corrected chi connectivity index (χ4v) is 1.71. The number of aromatic nitrogens is 2. The summed E-state index contributed by atoms with van der Waals surface area (Å²) in [4.78, 5) is 0. The van der Waals surface area contributed by atoms with Crippen molar-refractivity contribution in [2.75, 3.05) is 6.54 Å². The van der Waals surface area contributed by atoms with Crippen molar-refractivity contribution in [1.82, 2.24) is 9.78 Å². The molecule has 1 aromatic heterocycles. The number of rotatable bonds is 3. The molecule has 0 saturated carbocycles. The van der Waals surface area contributed by atoms with Crippen LogP contribution in [0.2, 0.25) is 0 Å². The van der Waals surface area contributed by atoms with Gasteiger partial charge in [-0.2, -0.15) is 5.10 Å². The molecule has 0 amide bonds. The number of aliphatic hydroxyl groups excluding tert-OH is 1.